The lowest BCUT2D eigenvalue weighted by Gasteiger charge is -2.21. The molecule has 0 saturated carbocycles. The number of carbonyl (C=O) groups excluding carboxylic acids is 11. The zero-order valence-electron chi connectivity index (χ0n) is 33.6. The van der Waals surface area contributed by atoms with Gasteiger partial charge in [-0.25, -0.2) is 0 Å². The maximum Gasteiger partial charge on any atom is 0.246 e. The van der Waals surface area contributed by atoms with Gasteiger partial charge in [-0.2, -0.15) is 0 Å². The van der Waals surface area contributed by atoms with Crippen LogP contribution in [-0.2, 0) is 71.7 Å². The van der Waals surface area contributed by atoms with Crippen molar-refractivity contribution in [2.24, 2.45) is 5.73 Å². The van der Waals surface area contributed by atoms with E-state index in [9.17, 15) is 52.7 Å². The summed E-state index contributed by atoms with van der Waals surface area (Å²) in [6.07, 6.45) is 0. The first-order valence-corrected chi connectivity index (χ1v) is 22.6. The Labute approximate surface area is 367 Å². The molecule has 3 atom stereocenters. The number of ether oxygens (including phenoxy) is 4. The largest absolute Gasteiger partial charge is 0.377 e. The first kappa shape index (κ1) is 53.2. The standard InChI is InChI=1S/C33H53N11O15S3/c34-23(45)14-59-15-29(51)35-1-3-56-5-7-58-8-6-57-4-2-36-31(53)20-16-60-19-30(52)39-12-27(49)44-21-17-61-62-18-22(33(55)41-13-28(50)42-20)43-26(48)11-38-24(46)9-37-25(47)10-40-32(21)54/h20-22H,1-19H2,(H2,34,45)(H,35,51)(H,36,53)(H,37,47)(H,38,46)(H,39,52)(H,40,54)(H,41,55)(H,42,50)(H,43,48)(H,44,49). The number of carbonyl (C=O) groups is 11. The van der Waals surface area contributed by atoms with Crippen LogP contribution in [0.3, 0.4) is 0 Å². The van der Waals surface area contributed by atoms with E-state index in [-0.39, 0.29) is 89.0 Å². The molecular formula is C33H53N11O15S3. The van der Waals surface area contributed by atoms with Crippen molar-refractivity contribution in [3.05, 3.63) is 0 Å². The van der Waals surface area contributed by atoms with E-state index in [0.29, 0.717) is 0 Å². The van der Waals surface area contributed by atoms with Gasteiger partial charge in [0.15, 0.2) is 0 Å². The molecule has 29 heteroatoms. The van der Waals surface area contributed by atoms with Crippen LogP contribution in [-0.4, -0.2) is 205 Å². The fraction of sp³-hybridized carbons (Fsp3) is 0.667. The first-order valence-electron chi connectivity index (χ1n) is 18.9. The molecule has 3 unspecified atom stereocenters. The summed E-state index contributed by atoms with van der Waals surface area (Å²) < 4.78 is 21.0. The van der Waals surface area contributed by atoms with Gasteiger partial charge in [-0.1, -0.05) is 21.6 Å². The summed E-state index contributed by atoms with van der Waals surface area (Å²) in [6.45, 7) is -1.96. The van der Waals surface area contributed by atoms with Gasteiger partial charge in [0.2, 0.25) is 65.0 Å². The van der Waals surface area contributed by atoms with Crippen molar-refractivity contribution < 1.29 is 71.7 Å². The van der Waals surface area contributed by atoms with Gasteiger partial charge < -0.3 is 77.8 Å². The van der Waals surface area contributed by atoms with Gasteiger partial charge in [0.05, 0.1) is 78.1 Å². The van der Waals surface area contributed by atoms with E-state index >= 15 is 0 Å². The molecule has 11 amide bonds. The van der Waals surface area contributed by atoms with Crippen molar-refractivity contribution in [3.63, 3.8) is 0 Å². The molecule has 2 aliphatic rings. The van der Waals surface area contributed by atoms with Crippen molar-refractivity contribution in [3.8, 4) is 0 Å². The molecule has 0 aromatic heterocycles. The smallest absolute Gasteiger partial charge is 0.246 e. The monoisotopic (exact) mass is 939 g/mol. The number of nitrogens with one attached hydrogen (secondary N) is 10. The molecule has 0 aromatic rings. The molecule has 0 spiro atoms. The quantitative estimate of drug-likeness (QED) is 0.0476. The highest BCUT2D eigenvalue weighted by atomic mass is 33.1. The molecule has 2 aliphatic heterocycles. The van der Waals surface area contributed by atoms with E-state index in [1.807, 2.05) is 0 Å². The number of primary amides is 1. The molecule has 0 aliphatic carbocycles. The van der Waals surface area contributed by atoms with E-state index in [1.54, 1.807) is 0 Å². The Bertz CT molecular complexity index is 1570. The highest BCUT2D eigenvalue weighted by Crippen LogP contribution is 2.23. The molecule has 0 radical (unpaired) electrons. The molecule has 62 heavy (non-hydrogen) atoms. The minimum Gasteiger partial charge on any atom is -0.377 e. The van der Waals surface area contributed by atoms with E-state index < -0.39 is 116 Å². The Morgan fingerprint density at radius 1 is 0.532 bits per heavy atom. The minimum atomic E-state index is -1.24. The third-order valence-electron chi connectivity index (χ3n) is 7.55. The summed E-state index contributed by atoms with van der Waals surface area (Å²) in [6, 6.07) is -3.64. The number of hydrogen-bond acceptors (Lipinski definition) is 18. The number of rotatable bonds is 17. The molecule has 26 nitrogen and oxygen atoms in total. The van der Waals surface area contributed by atoms with Gasteiger partial charge in [0.25, 0.3) is 0 Å². The second kappa shape index (κ2) is 31.8. The highest BCUT2D eigenvalue weighted by molar-refractivity contribution is 8.76. The van der Waals surface area contributed by atoms with Crippen LogP contribution in [0.15, 0.2) is 0 Å². The summed E-state index contributed by atoms with van der Waals surface area (Å²) >= 11 is 0.963. The van der Waals surface area contributed by atoms with Crippen LogP contribution in [0.2, 0.25) is 0 Å². The van der Waals surface area contributed by atoms with Crippen molar-refractivity contribution in [1.82, 2.24) is 53.2 Å². The Kier molecular flexibility index (Phi) is 27.3. The van der Waals surface area contributed by atoms with Gasteiger partial charge in [-0.05, 0) is 0 Å². The first-order chi connectivity index (χ1) is 29.7. The number of amides is 11. The summed E-state index contributed by atoms with van der Waals surface area (Å²) in [4.78, 5) is 137. The van der Waals surface area contributed by atoms with E-state index in [0.717, 1.165) is 33.3 Å². The lowest BCUT2D eigenvalue weighted by molar-refractivity contribution is -0.131. The van der Waals surface area contributed by atoms with Gasteiger partial charge in [-0.3, -0.25) is 52.7 Å². The maximum absolute atomic E-state index is 13.2. The predicted octanol–water partition coefficient (Wildman–Crippen LogP) is -8.05. The molecule has 0 aromatic carbocycles. The second-order valence-electron chi connectivity index (χ2n) is 12.6. The average molecular weight is 940 g/mol. The van der Waals surface area contributed by atoms with Crippen LogP contribution < -0.4 is 58.9 Å². The summed E-state index contributed by atoms with van der Waals surface area (Å²) in [5.74, 6) is -8.09. The molecule has 2 heterocycles. The number of hydrogen-bond donors (Lipinski definition) is 11. The van der Waals surface area contributed by atoms with E-state index in [1.165, 1.54) is 0 Å². The molecule has 348 valence electrons. The number of fused-ring (bicyclic) bond motifs is 5. The lowest BCUT2D eigenvalue weighted by atomic mass is 10.3. The minimum absolute atomic E-state index is 0.0357. The topological polar surface area (TPSA) is 371 Å². The molecule has 2 fully saturated rings. The molecular weight excluding hydrogens is 887 g/mol. The van der Waals surface area contributed by atoms with Gasteiger partial charge in [0.1, 0.15) is 31.3 Å². The van der Waals surface area contributed by atoms with Crippen LogP contribution in [0.25, 0.3) is 0 Å². The zero-order valence-corrected chi connectivity index (χ0v) is 36.0. The SMILES string of the molecule is NC(=O)COCC(=O)NCCOCCOCCOCCNC(=O)C1CSCC(=O)NCC(=O)NC2CSSCC(NC(=O)CNC(=O)CNC(=O)CNC2=O)C(=O)NCC(=O)N1. The average Bonchev–Trinajstić information content (AvgIpc) is 3.23. The molecule has 2 rings (SSSR count). The van der Waals surface area contributed by atoms with Crippen LogP contribution in [0, 0.1) is 0 Å². The third kappa shape index (κ3) is 25.7. The summed E-state index contributed by atoms with van der Waals surface area (Å²) in [7, 11) is 2.09. The van der Waals surface area contributed by atoms with Crippen molar-refractivity contribution in [2.75, 3.05) is 122 Å². The molecule has 2 bridgehead atoms. The summed E-state index contributed by atoms with van der Waals surface area (Å²) in [5, 5.41) is 24.4. The van der Waals surface area contributed by atoms with Crippen LogP contribution >= 0.6 is 33.3 Å². The molecule has 12 N–H and O–H groups in total. The predicted molar refractivity (Wildman–Crippen MR) is 222 cm³/mol. The Hall–Kier alpha value is -4.94. The fourth-order valence-corrected chi connectivity index (χ4v) is 7.75. The highest BCUT2D eigenvalue weighted by Gasteiger charge is 2.27. The number of thioether (sulfide) groups is 1. The van der Waals surface area contributed by atoms with Crippen LogP contribution in [0.4, 0.5) is 0 Å². The Morgan fingerprint density at radius 3 is 1.53 bits per heavy atom. The van der Waals surface area contributed by atoms with Crippen LogP contribution in [0.5, 0.6) is 0 Å². The normalized spacial score (nSPS) is 20.8. The Morgan fingerprint density at radius 2 is 0.984 bits per heavy atom. The van der Waals surface area contributed by atoms with E-state index in [2.05, 4.69) is 53.2 Å². The molecule has 2 saturated heterocycles. The summed E-state index contributed by atoms with van der Waals surface area (Å²) in [5.41, 5.74) is 4.92. The fourth-order valence-electron chi connectivity index (χ4n) is 4.55. The zero-order chi connectivity index (χ0) is 45.5. The number of nitrogens with two attached hydrogens (primary N) is 1. The second-order valence-corrected chi connectivity index (χ2v) is 16.2. The van der Waals surface area contributed by atoms with Crippen molar-refractivity contribution in [1.29, 1.82) is 0 Å². The Balaban J connectivity index is 1.92. The van der Waals surface area contributed by atoms with Gasteiger partial charge in [-0.15, -0.1) is 11.8 Å². The van der Waals surface area contributed by atoms with Crippen LogP contribution in [0.1, 0.15) is 0 Å². The van der Waals surface area contributed by atoms with Gasteiger partial charge >= 0.3 is 0 Å². The van der Waals surface area contributed by atoms with Gasteiger partial charge in [0, 0.05) is 30.3 Å². The maximum atomic E-state index is 13.2. The van der Waals surface area contributed by atoms with E-state index in [4.69, 9.17) is 24.7 Å². The lowest BCUT2D eigenvalue weighted by Crippen LogP contribution is -2.54. The van der Waals surface area contributed by atoms with Crippen molar-refractivity contribution >= 4 is 98.3 Å². The van der Waals surface area contributed by atoms with Crippen molar-refractivity contribution in [2.45, 2.75) is 18.1 Å². The third-order valence-corrected chi connectivity index (χ3v) is 11.0.